The summed E-state index contributed by atoms with van der Waals surface area (Å²) in [5.41, 5.74) is 1.84. The monoisotopic (exact) mass is 405 g/mol. The summed E-state index contributed by atoms with van der Waals surface area (Å²) in [5, 5.41) is 5.61. The van der Waals surface area contributed by atoms with Gasteiger partial charge < -0.3 is 15.5 Å². The van der Waals surface area contributed by atoms with Gasteiger partial charge in [0.05, 0.1) is 23.6 Å². The fourth-order valence-electron chi connectivity index (χ4n) is 3.58. The van der Waals surface area contributed by atoms with E-state index in [0.29, 0.717) is 43.7 Å². The summed E-state index contributed by atoms with van der Waals surface area (Å²) < 4.78 is 0. The molecule has 2 aromatic carbocycles. The second kappa shape index (κ2) is 10.4. The molecule has 0 saturated carbocycles. The van der Waals surface area contributed by atoms with Crippen molar-refractivity contribution in [2.75, 3.05) is 25.0 Å². The molecule has 1 saturated heterocycles. The number of benzene rings is 2. The number of rotatable bonds is 7. The third-order valence-electron chi connectivity index (χ3n) is 5.18. The van der Waals surface area contributed by atoms with E-state index < -0.39 is 0 Å². The van der Waals surface area contributed by atoms with Crippen molar-refractivity contribution in [1.82, 2.24) is 10.2 Å². The first-order valence-electron chi connectivity index (χ1n) is 10.2. The molecule has 1 heterocycles. The van der Waals surface area contributed by atoms with Crippen molar-refractivity contribution in [3.05, 3.63) is 78.4 Å². The fraction of sp³-hybridized carbons (Fsp3) is 0.292. The van der Waals surface area contributed by atoms with Crippen molar-refractivity contribution in [2.45, 2.75) is 19.3 Å². The Hall–Kier alpha value is -3.41. The van der Waals surface area contributed by atoms with Crippen LogP contribution >= 0.6 is 0 Å². The molecule has 0 spiro atoms. The average Bonchev–Trinajstić information content (AvgIpc) is 2.78. The van der Waals surface area contributed by atoms with Gasteiger partial charge in [-0.05, 0) is 30.5 Å². The van der Waals surface area contributed by atoms with Gasteiger partial charge in [0.15, 0.2) is 0 Å². The van der Waals surface area contributed by atoms with Crippen molar-refractivity contribution in [3.8, 4) is 0 Å². The van der Waals surface area contributed by atoms with E-state index in [2.05, 4.69) is 17.2 Å². The summed E-state index contributed by atoms with van der Waals surface area (Å²) in [6.07, 6.45) is 3.43. The Kier molecular flexibility index (Phi) is 7.38. The molecular formula is C24H27N3O3. The predicted octanol–water partition coefficient (Wildman–Crippen LogP) is 3.02. The highest BCUT2D eigenvalue weighted by atomic mass is 16.2. The third-order valence-corrected chi connectivity index (χ3v) is 5.18. The first-order valence-corrected chi connectivity index (χ1v) is 10.2. The highest BCUT2D eigenvalue weighted by Gasteiger charge is 2.29. The van der Waals surface area contributed by atoms with Crippen molar-refractivity contribution in [3.63, 3.8) is 0 Å². The molecule has 156 valence electrons. The highest BCUT2D eigenvalue weighted by Crippen LogP contribution is 2.21. The summed E-state index contributed by atoms with van der Waals surface area (Å²) in [4.78, 5) is 39.7. The zero-order valence-corrected chi connectivity index (χ0v) is 17.0. The zero-order valence-electron chi connectivity index (χ0n) is 17.0. The molecule has 6 heteroatoms. The minimum atomic E-state index is -0.303. The summed E-state index contributed by atoms with van der Waals surface area (Å²) in [7, 11) is 0. The molecule has 2 aromatic rings. The number of hydrogen-bond donors (Lipinski definition) is 2. The molecule has 1 aliphatic heterocycles. The molecule has 1 fully saturated rings. The molecule has 6 nitrogen and oxygen atoms in total. The molecular weight excluding hydrogens is 378 g/mol. The van der Waals surface area contributed by atoms with E-state index in [9.17, 15) is 14.4 Å². The van der Waals surface area contributed by atoms with E-state index in [1.165, 1.54) is 0 Å². The number of nitrogens with zero attached hydrogens (tertiary/aromatic N) is 1. The van der Waals surface area contributed by atoms with Gasteiger partial charge >= 0.3 is 0 Å². The van der Waals surface area contributed by atoms with Crippen molar-refractivity contribution < 1.29 is 14.4 Å². The largest absolute Gasteiger partial charge is 0.349 e. The van der Waals surface area contributed by atoms with Crippen LogP contribution in [0, 0.1) is 5.92 Å². The number of anilines is 1. The third kappa shape index (κ3) is 5.56. The topological polar surface area (TPSA) is 78.5 Å². The Morgan fingerprint density at radius 2 is 1.80 bits per heavy atom. The molecule has 30 heavy (non-hydrogen) atoms. The molecule has 0 radical (unpaired) electrons. The van der Waals surface area contributed by atoms with Crippen LogP contribution in [0.3, 0.4) is 0 Å². The molecule has 1 unspecified atom stereocenters. The van der Waals surface area contributed by atoms with Gasteiger partial charge in [-0.2, -0.15) is 0 Å². The minimum Gasteiger partial charge on any atom is -0.349 e. The molecule has 0 bridgehead atoms. The van der Waals surface area contributed by atoms with Crippen LogP contribution in [0.2, 0.25) is 0 Å². The SMILES string of the molecule is C=CCNC(=O)c1ccccc1NC(=O)C1CCCN(C(=O)Cc2ccccc2)C1. The standard InChI is InChI=1S/C24H27N3O3/c1-2-14-25-24(30)20-12-6-7-13-21(20)26-23(29)19-11-8-15-27(17-19)22(28)16-18-9-4-3-5-10-18/h2-7,9-10,12-13,19H,1,8,11,14-17H2,(H,25,30)(H,26,29). The number of para-hydroxylation sites is 1. The average molecular weight is 405 g/mol. The van der Waals surface area contributed by atoms with Crippen LogP contribution in [0.15, 0.2) is 67.3 Å². The highest BCUT2D eigenvalue weighted by molar-refractivity contribution is 6.04. The molecule has 0 aromatic heterocycles. The quantitative estimate of drug-likeness (QED) is 0.695. The van der Waals surface area contributed by atoms with Gasteiger partial charge in [-0.25, -0.2) is 0 Å². The summed E-state index contributed by atoms with van der Waals surface area (Å²) >= 11 is 0. The van der Waals surface area contributed by atoms with Crippen LogP contribution in [0.25, 0.3) is 0 Å². The predicted molar refractivity (Wildman–Crippen MR) is 117 cm³/mol. The second-order valence-electron chi connectivity index (χ2n) is 7.37. The van der Waals surface area contributed by atoms with Gasteiger partial charge in [-0.1, -0.05) is 48.5 Å². The van der Waals surface area contributed by atoms with Crippen LogP contribution in [0.1, 0.15) is 28.8 Å². The van der Waals surface area contributed by atoms with Crippen LogP contribution in [0.5, 0.6) is 0 Å². The van der Waals surface area contributed by atoms with Gasteiger partial charge in [0, 0.05) is 19.6 Å². The Morgan fingerprint density at radius 1 is 1.07 bits per heavy atom. The van der Waals surface area contributed by atoms with E-state index >= 15 is 0 Å². The van der Waals surface area contributed by atoms with Gasteiger partial charge in [-0.3, -0.25) is 14.4 Å². The molecule has 3 rings (SSSR count). The van der Waals surface area contributed by atoms with Gasteiger partial charge in [0.2, 0.25) is 11.8 Å². The second-order valence-corrected chi connectivity index (χ2v) is 7.37. The van der Waals surface area contributed by atoms with Crippen LogP contribution < -0.4 is 10.6 Å². The van der Waals surface area contributed by atoms with Gasteiger partial charge in [0.1, 0.15) is 0 Å². The molecule has 1 atom stereocenters. The maximum atomic E-state index is 12.9. The van der Waals surface area contributed by atoms with Crippen molar-refractivity contribution >= 4 is 23.4 Å². The number of carbonyl (C=O) groups excluding carboxylic acids is 3. The van der Waals surface area contributed by atoms with Crippen molar-refractivity contribution in [1.29, 1.82) is 0 Å². The van der Waals surface area contributed by atoms with E-state index in [0.717, 1.165) is 12.0 Å². The Balaban J connectivity index is 1.62. The molecule has 2 N–H and O–H groups in total. The van der Waals surface area contributed by atoms with Gasteiger partial charge in [0.25, 0.3) is 5.91 Å². The number of carbonyl (C=O) groups is 3. The maximum absolute atomic E-state index is 12.9. The first-order chi connectivity index (χ1) is 14.6. The van der Waals surface area contributed by atoms with Crippen LogP contribution in [-0.2, 0) is 16.0 Å². The number of hydrogen-bond acceptors (Lipinski definition) is 3. The lowest BCUT2D eigenvalue weighted by molar-refractivity contribution is -0.133. The Bertz CT molecular complexity index is 911. The van der Waals surface area contributed by atoms with E-state index in [1.807, 2.05) is 30.3 Å². The number of amides is 3. The number of nitrogens with one attached hydrogen (secondary N) is 2. The molecule has 1 aliphatic rings. The van der Waals surface area contributed by atoms with Crippen LogP contribution in [-0.4, -0.2) is 42.3 Å². The summed E-state index contributed by atoms with van der Waals surface area (Å²) in [5.74, 6) is -0.712. The maximum Gasteiger partial charge on any atom is 0.253 e. The van der Waals surface area contributed by atoms with Gasteiger partial charge in [-0.15, -0.1) is 6.58 Å². The Labute approximate surface area is 177 Å². The minimum absolute atomic E-state index is 0.0305. The normalized spacial score (nSPS) is 15.9. The Morgan fingerprint density at radius 3 is 2.57 bits per heavy atom. The smallest absolute Gasteiger partial charge is 0.253 e. The van der Waals surface area contributed by atoms with Crippen molar-refractivity contribution in [2.24, 2.45) is 5.92 Å². The van der Waals surface area contributed by atoms with E-state index in [-0.39, 0.29) is 23.6 Å². The first kappa shape index (κ1) is 21.3. The van der Waals surface area contributed by atoms with E-state index in [1.54, 1.807) is 35.2 Å². The summed E-state index contributed by atoms with van der Waals surface area (Å²) in [6.45, 7) is 4.99. The molecule has 3 amide bonds. The molecule has 0 aliphatic carbocycles. The van der Waals surface area contributed by atoms with Crippen LogP contribution in [0.4, 0.5) is 5.69 Å². The summed E-state index contributed by atoms with van der Waals surface area (Å²) in [6, 6.07) is 16.5. The lowest BCUT2D eigenvalue weighted by Crippen LogP contribution is -2.44. The fourth-order valence-corrected chi connectivity index (χ4v) is 3.58. The number of piperidine rings is 1. The zero-order chi connectivity index (χ0) is 21.3. The lowest BCUT2D eigenvalue weighted by Gasteiger charge is -2.32. The number of likely N-dealkylation sites (tertiary alicyclic amines) is 1. The van der Waals surface area contributed by atoms with E-state index in [4.69, 9.17) is 0 Å². The lowest BCUT2D eigenvalue weighted by atomic mass is 9.96.